The Morgan fingerprint density at radius 2 is 1.95 bits per heavy atom. The highest BCUT2D eigenvalue weighted by molar-refractivity contribution is 5.73. The smallest absolute Gasteiger partial charge is 0.169 e. The van der Waals surface area contributed by atoms with Gasteiger partial charge >= 0.3 is 0 Å². The molecule has 1 aromatic heterocycles. The van der Waals surface area contributed by atoms with E-state index in [1.54, 1.807) is 12.1 Å². The van der Waals surface area contributed by atoms with Crippen LogP contribution in [0.25, 0.3) is 11.3 Å². The predicted molar refractivity (Wildman–Crippen MR) is 75.4 cm³/mol. The summed E-state index contributed by atoms with van der Waals surface area (Å²) in [6.45, 7) is 6.25. The Morgan fingerprint density at radius 3 is 2.42 bits per heavy atom. The van der Waals surface area contributed by atoms with Crippen LogP contribution >= 0.6 is 0 Å². The molecule has 0 fully saturated rings. The number of benzene rings is 1. The third-order valence-corrected chi connectivity index (χ3v) is 3.03. The fourth-order valence-corrected chi connectivity index (χ4v) is 1.94. The highest BCUT2D eigenvalue weighted by atomic mass is 16.5. The molecule has 5 nitrogen and oxygen atoms in total. The first-order valence-corrected chi connectivity index (χ1v) is 6.05. The summed E-state index contributed by atoms with van der Waals surface area (Å²) in [4.78, 5) is 0. The summed E-state index contributed by atoms with van der Waals surface area (Å²) < 4.78 is 5.27. The standard InChI is InChI=1S/C14H19N3O2/c1-14(2,3)8-5-9(10-7-12(15)17-16-10)13(19-4)11(18)6-8/h5-7,18H,1-4H3,(H3,15,16,17). The summed E-state index contributed by atoms with van der Waals surface area (Å²) in [7, 11) is 1.52. The van der Waals surface area contributed by atoms with Crippen LogP contribution in [0.5, 0.6) is 11.5 Å². The zero-order chi connectivity index (χ0) is 14.2. The normalized spacial score (nSPS) is 11.6. The minimum Gasteiger partial charge on any atom is -0.504 e. The molecule has 102 valence electrons. The summed E-state index contributed by atoms with van der Waals surface area (Å²) in [5.41, 5.74) is 8.02. The van der Waals surface area contributed by atoms with Gasteiger partial charge in [0, 0.05) is 11.6 Å². The van der Waals surface area contributed by atoms with Crippen molar-refractivity contribution >= 4 is 5.82 Å². The molecule has 0 saturated heterocycles. The lowest BCUT2D eigenvalue weighted by atomic mass is 9.85. The molecule has 0 bridgehead atoms. The lowest BCUT2D eigenvalue weighted by Gasteiger charge is -2.21. The molecule has 1 heterocycles. The summed E-state index contributed by atoms with van der Waals surface area (Å²) >= 11 is 0. The first-order chi connectivity index (χ1) is 8.82. The third kappa shape index (κ3) is 2.50. The van der Waals surface area contributed by atoms with Crippen molar-refractivity contribution in [1.29, 1.82) is 0 Å². The van der Waals surface area contributed by atoms with Crippen LogP contribution in [-0.4, -0.2) is 22.4 Å². The first-order valence-electron chi connectivity index (χ1n) is 6.05. The van der Waals surface area contributed by atoms with Gasteiger partial charge in [-0.3, -0.25) is 5.10 Å². The zero-order valence-corrected chi connectivity index (χ0v) is 11.6. The molecule has 0 spiro atoms. The van der Waals surface area contributed by atoms with E-state index in [1.807, 2.05) is 6.07 Å². The van der Waals surface area contributed by atoms with Crippen LogP contribution in [0, 0.1) is 0 Å². The number of rotatable bonds is 2. The zero-order valence-electron chi connectivity index (χ0n) is 11.6. The largest absolute Gasteiger partial charge is 0.504 e. The number of phenols is 1. The lowest BCUT2D eigenvalue weighted by Crippen LogP contribution is -2.11. The Morgan fingerprint density at radius 1 is 1.26 bits per heavy atom. The maximum Gasteiger partial charge on any atom is 0.169 e. The second-order valence-corrected chi connectivity index (χ2v) is 5.53. The van der Waals surface area contributed by atoms with Crippen molar-refractivity contribution in [3.63, 3.8) is 0 Å². The Bertz CT molecular complexity index is 597. The van der Waals surface area contributed by atoms with Crippen molar-refractivity contribution in [3.8, 4) is 22.8 Å². The SMILES string of the molecule is COc1c(O)cc(C(C)(C)C)cc1-c1cc(N)n[nH]1. The molecule has 5 heteroatoms. The number of aromatic nitrogens is 2. The van der Waals surface area contributed by atoms with Gasteiger partial charge in [0.15, 0.2) is 11.5 Å². The van der Waals surface area contributed by atoms with E-state index in [4.69, 9.17) is 10.5 Å². The van der Waals surface area contributed by atoms with Crippen molar-refractivity contribution in [2.45, 2.75) is 26.2 Å². The van der Waals surface area contributed by atoms with Crippen molar-refractivity contribution in [1.82, 2.24) is 10.2 Å². The van der Waals surface area contributed by atoms with Gasteiger partial charge in [-0.2, -0.15) is 5.10 Å². The number of hydrogen-bond donors (Lipinski definition) is 3. The number of nitrogen functional groups attached to an aromatic ring is 1. The van der Waals surface area contributed by atoms with Gasteiger partial charge in [-0.25, -0.2) is 0 Å². The van der Waals surface area contributed by atoms with E-state index in [-0.39, 0.29) is 11.2 Å². The third-order valence-electron chi connectivity index (χ3n) is 3.03. The van der Waals surface area contributed by atoms with E-state index in [1.165, 1.54) is 7.11 Å². The summed E-state index contributed by atoms with van der Waals surface area (Å²) in [6.07, 6.45) is 0. The minimum atomic E-state index is -0.0793. The Labute approximate surface area is 112 Å². The average Bonchev–Trinajstić information content (AvgIpc) is 2.73. The number of hydrogen-bond acceptors (Lipinski definition) is 4. The molecule has 2 aromatic rings. The Balaban J connectivity index is 2.66. The average molecular weight is 261 g/mol. The number of aromatic hydroxyl groups is 1. The van der Waals surface area contributed by atoms with Crippen molar-refractivity contribution in [3.05, 3.63) is 23.8 Å². The van der Waals surface area contributed by atoms with Gasteiger partial charge in [0.05, 0.1) is 12.8 Å². The molecular formula is C14H19N3O2. The summed E-state index contributed by atoms with van der Waals surface area (Å²) in [5, 5.41) is 16.9. The number of ether oxygens (including phenoxy) is 1. The van der Waals surface area contributed by atoms with E-state index in [0.29, 0.717) is 11.6 Å². The molecule has 2 rings (SSSR count). The second-order valence-electron chi connectivity index (χ2n) is 5.53. The molecule has 1 aromatic carbocycles. The first kappa shape index (κ1) is 13.3. The fraction of sp³-hybridized carbons (Fsp3) is 0.357. The minimum absolute atomic E-state index is 0.0793. The number of nitrogens with one attached hydrogen (secondary N) is 1. The number of aromatic amines is 1. The van der Waals surface area contributed by atoms with Crippen LogP contribution in [-0.2, 0) is 5.41 Å². The molecule has 0 atom stereocenters. The van der Waals surface area contributed by atoms with Gasteiger partial charge in [-0.15, -0.1) is 0 Å². The van der Waals surface area contributed by atoms with E-state index in [0.717, 1.165) is 16.8 Å². The highest BCUT2D eigenvalue weighted by Crippen LogP contribution is 2.40. The number of H-pyrrole nitrogens is 1. The molecular weight excluding hydrogens is 242 g/mol. The number of phenolic OH excluding ortho intramolecular Hbond substituents is 1. The number of anilines is 1. The van der Waals surface area contributed by atoms with Gasteiger partial charge in [0.1, 0.15) is 5.82 Å². The van der Waals surface area contributed by atoms with E-state index >= 15 is 0 Å². The molecule has 0 amide bonds. The molecule has 0 aliphatic carbocycles. The van der Waals surface area contributed by atoms with E-state index < -0.39 is 0 Å². The van der Waals surface area contributed by atoms with Crippen molar-refractivity contribution < 1.29 is 9.84 Å². The van der Waals surface area contributed by atoms with Crippen molar-refractivity contribution in [2.75, 3.05) is 12.8 Å². The molecule has 0 unspecified atom stereocenters. The topological polar surface area (TPSA) is 84.2 Å². The fourth-order valence-electron chi connectivity index (χ4n) is 1.94. The molecule has 0 radical (unpaired) electrons. The van der Waals surface area contributed by atoms with Crippen LogP contribution in [0.15, 0.2) is 18.2 Å². The molecule has 0 saturated carbocycles. The predicted octanol–water partition coefficient (Wildman–Crippen LogP) is 2.67. The van der Waals surface area contributed by atoms with Gasteiger partial charge in [0.25, 0.3) is 0 Å². The number of nitrogens with two attached hydrogens (primary N) is 1. The Hall–Kier alpha value is -2.17. The van der Waals surface area contributed by atoms with Crippen LogP contribution in [0.4, 0.5) is 5.82 Å². The monoisotopic (exact) mass is 261 g/mol. The highest BCUT2D eigenvalue weighted by Gasteiger charge is 2.20. The lowest BCUT2D eigenvalue weighted by molar-refractivity contribution is 0.373. The van der Waals surface area contributed by atoms with Crippen molar-refractivity contribution in [2.24, 2.45) is 0 Å². The Kier molecular flexibility index (Phi) is 3.14. The maximum absolute atomic E-state index is 10.1. The second kappa shape index (κ2) is 4.50. The molecule has 0 aliphatic rings. The molecule has 4 N–H and O–H groups in total. The molecule has 0 aliphatic heterocycles. The quantitative estimate of drug-likeness (QED) is 0.776. The van der Waals surface area contributed by atoms with Crippen LogP contribution in [0.3, 0.4) is 0 Å². The van der Waals surface area contributed by atoms with E-state index in [2.05, 4.69) is 31.0 Å². The van der Waals surface area contributed by atoms with Gasteiger partial charge in [0.2, 0.25) is 0 Å². The van der Waals surface area contributed by atoms with Crippen LogP contribution < -0.4 is 10.5 Å². The number of nitrogens with zero attached hydrogens (tertiary/aromatic N) is 1. The van der Waals surface area contributed by atoms with Gasteiger partial charge in [-0.1, -0.05) is 20.8 Å². The van der Waals surface area contributed by atoms with Crippen LogP contribution in [0.2, 0.25) is 0 Å². The molecule has 19 heavy (non-hydrogen) atoms. The summed E-state index contributed by atoms with van der Waals surface area (Å²) in [6, 6.07) is 5.41. The summed E-state index contributed by atoms with van der Waals surface area (Å²) in [5.74, 6) is 0.924. The van der Waals surface area contributed by atoms with Crippen LogP contribution in [0.1, 0.15) is 26.3 Å². The van der Waals surface area contributed by atoms with Gasteiger partial charge in [-0.05, 0) is 23.1 Å². The maximum atomic E-state index is 10.1. The van der Waals surface area contributed by atoms with E-state index in [9.17, 15) is 5.11 Å². The number of methoxy groups -OCH3 is 1. The van der Waals surface area contributed by atoms with Gasteiger partial charge < -0.3 is 15.6 Å².